The van der Waals surface area contributed by atoms with Crippen LogP contribution in [0.5, 0.6) is 0 Å². The van der Waals surface area contributed by atoms with Gasteiger partial charge in [-0.1, -0.05) is 19.3 Å². The SMILES string of the molecule is O=C(O)c1sc(C2CCCCC2)nc1Br. The lowest BCUT2D eigenvalue weighted by Crippen LogP contribution is -2.03. The number of carboxylic acids is 1. The van der Waals surface area contributed by atoms with Gasteiger partial charge in [-0.3, -0.25) is 0 Å². The van der Waals surface area contributed by atoms with E-state index in [-0.39, 0.29) is 0 Å². The van der Waals surface area contributed by atoms with E-state index in [2.05, 4.69) is 20.9 Å². The van der Waals surface area contributed by atoms with Crippen molar-refractivity contribution in [3.63, 3.8) is 0 Å². The Labute approximate surface area is 101 Å². The predicted octanol–water partition coefficient (Wildman–Crippen LogP) is 3.65. The Morgan fingerprint density at radius 1 is 1.40 bits per heavy atom. The highest BCUT2D eigenvalue weighted by Gasteiger charge is 2.22. The van der Waals surface area contributed by atoms with E-state index in [1.165, 1.54) is 30.6 Å². The molecule has 1 aromatic heterocycles. The Balaban J connectivity index is 2.21. The van der Waals surface area contributed by atoms with Crippen molar-refractivity contribution in [1.82, 2.24) is 4.98 Å². The van der Waals surface area contributed by atoms with Gasteiger partial charge < -0.3 is 5.11 Å². The molecule has 1 saturated carbocycles. The molecule has 3 nitrogen and oxygen atoms in total. The molecule has 0 spiro atoms. The fourth-order valence-corrected chi connectivity index (χ4v) is 3.66. The van der Waals surface area contributed by atoms with Gasteiger partial charge >= 0.3 is 5.97 Å². The van der Waals surface area contributed by atoms with Gasteiger partial charge in [0.05, 0.1) is 5.01 Å². The molecule has 15 heavy (non-hydrogen) atoms. The summed E-state index contributed by atoms with van der Waals surface area (Å²) in [7, 11) is 0. The third-order valence-corrected chi connectivity index (χ3v) is 4.79. The molecule has 0 unspecified atom stereocenters. The van der Waals surface area contributed by atoms with Crippen molar-refractivity contribution < 1.29 is 9.90 Å². The maximum Gasteiger partial charge on any atom is 0.348 e. The van der Waals surface area contributed by atoms with Gasteiger partial charge in [-0.05, 0) is 28.8 Å². The Morgan fingerprint density at radius 2 is 2.07 bits per heavy atom. The summed E-state index contributed by atoms with van der Waals surface area (Å²) in [4.78, 5) is 15.5. The fraction of sp³-hybridized carbons (Fsp3) is 0.600. The predicted molar refractivity (Wildman–Crippen MR) is 62.6 cm³/mol. The summed E-state index contributed by atoms with van der Waals surface area (Å²) in [5.41, 5.74) is 0. The highest BCUT2D eigenvalue weighted by Crippen LogP contribution is 2.37. The first-order chi connectivity index (χ1) is 7.18. The van der Waals surface area contributed by atoms with Crippen LogP contribution in [0.15, 0.2) is 4.60 Å². The van der Waals surface area contributed by atoms with Gasteiger partial charge in [0.2, 0.25) is 0 Å². The second-order valence-electron chi connectivity index (χ2n) is 3.81. The minimum Gasteiger partial charge on any atom is -0.477 e. The molecule has 0 saturated heterocycles. The summed E-state index contributed by atoms with van der Waals surface area (Å²) in [5, 5.41) is 9.90. The van der Waals surface area contributed by atoms with Crippen LogP contribution in [0, 0.1) is 0 Å². The molecule has 2 rings (SSSR count). The molecule has 5 heteroatoms. The average molecular weight is 290 g/mol. The minimum absolute atomic E-state index is 0.329. The molecule has 0 atom stereocenters. The van der Waals surface area contributed by atoms with Crippen molar-refractivity contribution in [2.75, 3.05) is 0 Å². The van der Waals surface area contributed by atoms with E-state index < -0.39 is 5.97 Å². The summed E-state index contributed by atoms with van der Waals surface area (Å²) >= 11 is 4.52. The van der Waals surface area contributed by atoms with Crippen molar-refractivity contribution in [3.8, 4) is 0 Å². The maximum atomic E-state index is 10.9. The molecule has 0 bridgehead atoms. The zero-order valence-corrected chi connectivity index (χ0v) is 10.6. The molecule has 1 heterocycles. The number of carbonyl (C=O) groups is 1. The Morgan fingerprint density at radius 3 is 2.60 bits per heavy atom. The number of thiazole rings is 1. The van der Waals surface area contributed by atoms with Crippen LogP contribution in [0.2, 0.25) is 0 Å². The first-order valence-corrected chi connectivity index (χ1v) is 6.69. The maximum absolute atomic E-state index is 10.9. The van der Waals surface area contributed by atoms with Crippen molar-refractivity contribution in [3.05, 3.63) is 14.5 Å². The molecule has 1 fully saturated rings. The van der Waals surface area contributed by atoms with E-state index in [1.807, 2.05) is 0 Å². The summed E-state index contributed by atoms with van der Waals surface area (Å²) in [6.45, 7) is 0. The first kappa shape index (κ1) is 11.1. The zero-order valence-electron chi connectivity index (χ0n) is 8.20. The third kappa shape index (κ3) is 2.39. The zero-order chi connectivity index (χ0) is 10.8. The molecule has 0 aliphatic heterocycles. The highest BCUT2D eigenvalue weighted by atomic mass is 79.9. The lowest BCUT2D eigenvalue weighted by Gasteiger charge is -2.18. The van der Waals surface area contributed by atoms with Crippen LogP contribution in [0.1, 0.15) is 52.7 Å². The summed E-state index contributed by atoms with van der Waals surface area (Å²) in [6, 6.07) is 0. The highest BCUT2D eigenvalue weighted by molar-refractivity contribution is 9.10. The Hall–Kier alpha value is -0.420. The molecule has 1 aliphatic carbocycles. The second-order valence-corrected chi connectivity index (χ2v) is 5.59. The first-order valence-electron chi connectivity index (χ1n) is 5.08. The van der Waals surface area contributed by atoms with Crippen molar-refractivity contribution in [2.24, 2.45) is 0 Å². The Bertz CT molecular complexity index is 371. The van der Waals surface area contributed by atoms with Gasteiger partial charge in [-0.25, -0.2) is 9.78 Å². The van der Waals surface area contributed by atoms with Crippen molar-refractivity contribution >= 4 is 33.2 Å². The number of halogens is 1. The molecule has 0 aromatic carbocycles. The van der Waals surface area contributed by atoms with Crippen molar-refractivity contribution in [1.29, 1.82) is 0 Å². The number of rotatable bonds is 2. The molecule has 1 aromatic rings. The van der Waals surface area contributed by atoms with Crippen LogP contribution < -0.4 is 0 Å². The number of hydrogen-bond acceptors (Lipinski definition) is 3. The topological polar surface area (TPSA) is 50.2 Å². The summed E-state index contributed by atoms with van der Waals surface area (Å²) in [5.74, 6) is -0.408. The van der Waals surface area contributed by atoms with E-state index in [0.717, 1.165) is 17.8 Å². The lowest BCUT2D eigenvalue weighted by atomic mass is 9.90. The molecule has 1 aliphatic rings. The standard InChI is InChI=1S/C10H12BrNO2S/c11-8-7(10(13)14)15-9(12-8)6-4-2-1-3-5-6/h6H,1-5H2,(H,13,14). The third-order valence-electron chi connectivity index (χ3n) is 2.75. The smallest absolute Gasteiger partial charge is 0.348 e. The molecular weight excluding hydrogens is 278 g/mol. The molecule has 82 valence electrons. The van der Waals surface area contributed by atoms with Gasteiger partial charge in [0.1, 0.15) is 9.48 Å². The van der Waals surface area contributed by atoms with Crippen LogP contribution in [-0.2, 0) is 0 Å². The number of aromatic nitrogens is 1. The van der Waals surface area contributed by atoms with E-state index in [4.69, 9.17) is 5.11 Å². The Kier molecular flexibility index (Phi) is 3.41. The summed E-state index contributed by atoms with van der Waals surface area (Å²) in [6.07, 6.45) is 6.08. The molecular formula is C10H12BrNO2S. The molecule has 0 radical (unpaired) electrons. The van der Waals surface area contributed by atoms with E-state index in [0.29, 0.717) is 15.4 Å². The number of hydrogen-bond donors (Lipinski definition) is 1. The van der Waals surface area contributed by atoms with Crippen LogP contribution >= 0.6 is 27.3 Å². The number of nitrogens with zero attached hydrogens (tertiary/aromatic N) is 1. The van der Waals surface area contributed by atoms with Crippen LogP contribution in [0.4, 0.5) is 0 Å². The van der Waals surface area contributed by atoms with Gasteiger partial charge in [0.25, 0.3) is 0 Å². The summed E-state index contributed by atoms with van der Waals surface area (Å²) < 4.78 is 0.487. The van der Waals surface area contributed by atoms with E-state index >= 15 is 0 Å². The minimum atomic E-state index is -0.888. The lowest BCUT2D eigenvalue weighted by molar-refractivity contribution is 0.0701. The quantitative estimate of drug-likeness (QED) is 0.904. The van der Waals surface area contributed by atoms with Crippen LogP contribution in [-0.4, -0.2) is 16.1 Å². The monoisotopic (exact) mass is 289 g/mol. The van der Waals surface area contributed by atoms with E-state index in [9.17, 15) is 4.79 Å². The van der Waals surface area contributed by atoms with Crippen molar-refractivity contribution in [2.45, 2.75) is 38.0 Å². The van der Waals surface area contributed by atoms with Crippen LogP contribution in [0.25, 0.3) is 0 Å². The van der Waals surface area contributed by atoms with Crippen LogP contribution in [0.3, 0.4) is 0 Å². The normalized spacial score (nSPS) is 17.9. The molecule has 1 N–H and O–H groups in total. The fourth-order valence-electron chi connectivity index (χ4n) is 1.97. The van der Waals surface area contributed by atoms with Gasteiger partial charge in [0.15, 0.2) is 0 Å². The average Bonchev–Trinajstić information content (AvgIpc) is 2.62. The van der Waals surface area contributed by atoms with E-state index in [1.54, 1.807) is 0 Å². The second kappa shape index (κ2) is 4.61. The number of carboxylic acid groups (broad SMARTS) is 1. The largest absolute Gasteiger partial charge is 0.477 e. The van der Waals surface area contributed by atoms with Gasteiger partial charge in [0, 0.05) is 5.92 Å². The van der Waals surface area contributed by atoms with Gasteiger partial charge in [-0.2, -0.15) is 0 Å². The van der Waals surface area contributed by atoms with Gasteiger partial charge in [-0.15, -0.1) is 11.3 Å². The molecule has 0 amide bonds. The number of aromatic carboxylic acids is 1.